The minimum atomic E-state index is -3.91. The van der Waals surface area contributed by atoms with E-state index in [0.29, 0.717) is 12.3 Å². The Labute approximate surface area is 216 Å². The number of rotatable bonds is 10. The van der Waals surface area contributed by atoms with Crippen LogP contribution in [0.25, 0.3) is 0 Å². The summed E-state index contributed by atoms with van der Waals surface area (Å²) in [7, 11) is -2.38. The van der Waals surface area contributed by atoms with Crippen LogP contribution >= 0.6 is 11.3 Å². The van der Waals surface area contributed by atoms with Crippen LogP contribution in [0.5, 0.6) is 5.75 Å². The summed E-state index contributed by atoms with van der Waals surface area (Å²) in [4.78, 5) is 16.5. The zero-order valence-electron chi connectivity index (χ0n) is 20.3. The average molecular weight is 531 g/mol. The second kappa shape index (κ2) is 12.0. The highest BCUT2D eigenvalue weighted by Crippen LogP contribution is 2.29. The second-order valence-corrected chi connectivity index (χ2v) is 11.9. The van der Waals surface area contributed by atoms with E-state index < -0.39 is 10.0 Å². The normalized spacial score (nSPS) is 14.6. The minimum Gasteiger partial charge on any atom is -0.497 e. The van der Waals surface area contributed by atoms with E-state index in [9.17, 15) is 17.6 Å². The molecule has 0 atom stereocenters. The molecule has 9 heteroatoms. The summed E-state index contributed by atoms with van der Waals surface area (Å²) >= 11 is 1.54. The van der Waals surface area contributed by atoms with E-state index >= 15 is 0 Å². The van der Waals surface area contributed by atoms with Crippen LogP contribution in [0.3, 0.4) is 0 Å². The van der Waals surface area contributed by atoms with Crippen LogP contribution in [-0.4, -0.2) is 43.2 Å². The second-order valence-electron chi connectivity index (χ2n) is 8.97. The van der Waals surface area contributed by atoms with Gasteiger partial charge in [-0.25, -0.2) is 12.8 Å². The molecule has 192 valence electrons. The van der Waals surface area contributed by atoms with E-state index in [4.69, 9.17) is 4.74 Å². The Morgan fingerprint density at radius 2 is 1.69 bits per heavy atom. The van der Waals surface area contributed by atoms with Crippen molar-refractivity contribution in [2.24, 2.45) is 0 Å². The number of amides is 1. The Kier molecular flexibility index (Phi) is 8.77. The van der Waals surface area contributed by atoms with Crippen LogP contribution in [-0.2, 0) is 27.9 Å². The zero-order valence-corrected chi connectivity index (χ0v) is 21.9. The standard InChI is InChI=1S/C27H31FN2O4S2/c1-34-24-13-15-26(16-14-24)36(32,33)30(23-6-3-2-4-7-23)20-27(31)29(19-25-8-5-17-35-25)18-21-9-11-22(28)12-10-21/h5,8-17,23H,2-4,6-7,18-20H2,1H3. The molecule has 0 aliphatic heterocycles. The van der Waals surface area contributed by atoms with Gasteiger partial charge < -0.3 is 9.64 Å². The van der Waals surface area contributed by atoms with E-state index in [1.54, 1.807) is 29.2 Å². The van der Waals surface area contributed by atoms with Crippen molar-refractivity contribution in [1.82, 2.24) is 9.21 Å². The molecule has 0 saturated heterocycles. The molecule has 0 bridgehead atoms. The number of methoxy groups -OCH3 is 1. The molecule has 6 nitrogen and oxygen atoms in total. The van der Waals surface area contributed by atoms with E-state index in [2.05, 4.69) is 0 Å². The van der Waals surface area contributed by atoms with Crippen LogP contribution in [0.4, 0.5) is 4.39 Å². The third-order valence-corrected chi connectivity index (χ3v) is 9.28. The lowest BCUT2D eigenvalue weighted by atomic mass is 9.95. The molecule has 0 spiro atoms. The van der Waals surface area contributed by atoms with Gasteiger partial charge in [-0.2, -0.15) is 4.31 Å². The van der Waals surface area contributed by atoms with Crippen molar-refractivity contribution in [2.45, 2.75) is 56.1 Å². The number of nitrogens with zero attached hydrogens (tertiary/aromatic N) is 2. The summed E-state index contributed by atoms with van der Waals surface area (Å²) < 4.78 is 47.6. The van der Waals surface area contributed by atoms with Gasteiger partial charge in [0.05, 0.1) is 25.1 Å². The van der Waals surface area contributed by atoms with E-state index in [0.717, 1.165) is 42.5 Å². The number of carbonyl (C=O) groups excluding carboxylic acids is 1. The van der Waals surface area contributed by atoms with Gasteiger partial charge in [0.15, 0.2) is 0 Å². The summed E-state index contributed by atoms with van der Waals surface area (Å²) in [5.74, 6) is -0.0602. The summed E-state index contributed by atoms with van der Waals surface area (Å²) in [6, 6.07) is 15.9. The number of thiophene rings is 1. The lowest BCUT2D eigenvalue weighted by molar-refractivity contribution is -0.133. The molecule has 0 unspecified atom stereocenters. The monoisotopic (exact) mass is 530 g/mol. The number of hydrogen-bond donors (Lipinski definition) is 0. The first-order valence-electron chi connectivity index (χ1n) is 12.1. The quantitative estimate of drug-likeness (QED) is 0.350. The molecule has 1 aliphatic carbocycles. The molecule has 0 N–H and O–H groups in total. The first kappa shape index (κ1) is 26.3. The van der Waals surface area contributed by atoms with Gasteiger partial charge in [-0.05, 0) is 66.2 Å². The predicted octanol–water partition coefficient (Wildman–Crippen LogP) is 5.45. The Morgan fingerprint density at radius 1 is 1.00 bits per heavy atom. The molecule has 3 aromatic rings. The maximum atomic E-state index is 13.8. The van der Waals surface area contributed by atoms with Gasteiger partial charge >= 0.3 is 0 Å². The van der Waals surface area contributed by atoms with Crippen LogP contribution in [0.1, 0.15) is 42.5 Å². The van der Waals surface area contributed by atoms with Crippen molar-refractivity contribution in [2.75, 3.05) is 13.7 Å². The number of carbonyl (C=O) groups is 1. The minimum absolute atomic E-state index is 0.144. The van der Waals surface area contributed by atoms with Crippen molar-refractivity contribution in [3.63, 3.8) is 0 Å². The van der Waals surface area contributed by atoms with Crippen molar-refractivity contribution >= 4 is 27.3 Å². The fourth-order valence-corrected chi connectivity index (χ4v) is 6.88. The predicted molar refractivity (Wildman–Crippen MR) is 139 cm³/mol. The molecule has 1 amide bonds. The number of hydrogen-bond acceptors (Lipinski definition) is 5. The van der Waals surface area contributed by atoms with E-state index in [1.165, 1.54) is 47.0 Å². The van der Waals surface area contributed by atoms with Gasteiger partial charge in [0.2, 0.25) is 15.9 Å². The molecule has 2 aromatic carbocycles. The molecule has 1 heterocycles. The van der Waals surface area contributed by atoms with Gasteiger partial charge in [0, 0.05) is 17.5 Å². The molecule has 1 fully saturated rings. The van der Waals surface area contributed by atoms with Gasteiger partial charge in [0.25, 0.3) is 0 Å². The lowest BCUT2D eigenvalue weighted by Crippen LogP contribution is -2.47. The SMILES string of the molecule is COc1ccc(S(=O)(=O)N(CC(=O)N(Cc2ccc(F)cc2)Cc2cccs2)C2CCCCC2)cc1. The zero-order chi connectivity index (χ0) is 25.5. The fraction of sp³-hybridized carbons (Fsp3) is 0.370. The maximum Gasteiger partial charge on any atom is 0.243 e. The van der Waals surface area contributed by atoms with Crippen LogP contribution in [0, 0.1) is 5.82 Å². The van der Waals surface area contributed by atoms with E-state index in [1.807, 2.05) is 17.5 Å². The Hall–Kier alpha value is -2.75. The molecule has 36 heavy (non-hydrogen) atoms. The van der Waals surface area contributed by atoms with Gasteiger partial charge in [0.1, 0.15) is 11.6 Å². The summed E-state index contributed by atoms with van der Waals surface area (Å²) in [5.41, 5.74) is 0.781. The average Bonchev–Trinajstić information content (AvgIpc) is 3.41. The van der Waals surface area contributed by atoms with Gasteiger partial charge in [-0.15, -0.1) is 11.3 Å². The number of halogens is 1. The van der Waals surface area contributed by atoms with Crippen molar-refractivity contribution < 1.29 is 22.3 Å². The van der Waals surface area contributed by atoms with Crippen molar-refractivity contribution in [3.05, 3.63) is 82.3 Å². The molecular formula is C27H31FN2O4S2. The smallest absolute Gasteiger partial charge is 0.243 e. The summed E-state index contributed by atoms with van der Waals surface area (Å²) in [6.45, 7) is 0.374. The Bertz CT molecular complexity index is 1220. The highest BCUT2D eigenvalue weighted by Gasteiger charge is 2.35. The Balaban J connectivity index is 1.62. The first-order chi connectivity index (χ1) is 17.4. The summed E-state index contributed by atoms with van der Waals surface area (Å²) in [6.07, 6.45) is 4.39. The van der Waals surface area contributed by atoms with Crippen molar-refractivity contribution in [1.29, 1.82) is 0 Å². The first-order valence-corrected chi connectivity index (χ1v) is 14.4. The molecule has 1 aliphatic rings. The third-order valence-electron chi connectivity index (χ3n) is 6.51. The Morgan fingerprint density at radius 3 is 2.31 bits per heavy atom. The molecule has 1 aromatic heterocycles. The maximum absolute atomic E-state index is 13.8. The molecule has 4 rings (SSSR count). The number of ether oxygens (including phenoxy) is 1. The van der Waals surface area contributed by atoms with Gasteiger partial charge in [-0.3, -0.25) is 4.79 Å². The van der Waals surface area contributed by atoms with E-state index in [-0.39, 0.29) is 35.8 Å². The highest BCUT2D eigenvalue weighted by molar-refractivity contribution is 7.89. The number of sulfonamides is 1. The third kappa shape index (κ3) is 6.52. The lowest BCUT2D eigenvalue weighted by Gasteiger charge is -2.34. The van der Waals surface area contributed by atoms with Crippen LogP contribution < -0.4 is 4.74 Å². The highest BCUT2D eigenvalue weighted by atomic mass is 32.2. The van der Waals surface area contributed by atoms with Crippen LogP contribution in [0.2, 0.25) is 0 Å². The fourth-order valence-electron chi connectivity index (χ4n) is 4.53. The van der Waals surface area contributed by atoms with Crippen LogP contribution in [0.15, 0.2) is 70.9 Å². The summed E-state index contributed by atoms with van der Waals surface area (Å²) in [5, 5.41) is 1.94. The molecular weight excluding hydrogens is 499 g/mol. The molecule has 1 saturated carbocycles. The van der Waals surface area contributed by atoms with Crippen molar-refractivity contribution in [3.8, 4) is 5.75 Å². The van der Waals surface area contributed by atoms with Gasteiger partial charge in [-0.1, -0.05) is 37.5 Å². The topological polar surface area (TPSA) is 66.9 Å². The number of benzene rings is 2. The molecule has 0 radical (unpaired) electrons. The largest absolute Gasteiger partial charge is 0.497 e.